The number of ether oxygens (including phenoxy) is 2. The highest BCUT2D eigenvalue weighted by molar-refractivity contribution is 5.77. The Labute approximate surface area is 109 Å². The molecular formula is C13H24N2O3. The monoisotopic (exact) mass is 256 g/mol. The molecule has 0 radical (unpaired) electrons. The van der Waals surface area contributed by atoms with Gasteiger partial charge >= 0.3 is 0 Å². The summed E-state index contributed by atoms with van der Waals surface area (Å²) < 4.78 is 11.2. The molecule has 5 heteroatoms. The summed E-state index contributed by atoms with van der Waals surface area (Å²) in [5.74, 6) is 0.196. The molecule has 2 rings (SSSR count). The predicted molar refractivity (Wildman–Crippen MR) is 68.4 cm³/mol. The Morgan fingerprint density at radius 3 is 2.89 bits per heavy atom. The van der Waals surface area contributed by atoms with E-state index >= 15 is 0 Å². The van der Waals surface area contributed by atoms with Gasteiger partial charge in [0.2, 0.25) is 5.91 Å². The fourth-order valence-corrected chi connectivity index (χ4v) is 2.73. The Hall–Kier alpha value is -0.650. The quantitative estimate of drug-likeness (QED) is 0.776. The van der Waals surface area contributed by atoms with Gasteiger partial charge in [0, 0.05) is 32.1 Å². The zero-order valence-electron chi connectivity index (χ0n) is 11.6. The highest BCUT2D eigenvalue weighted by Gasteiger charge is 2.34. The number of hydrogen-bond donors (Lipinski definition) is 1. The summed E-state index contributed by atoms with van der Waals surface area (Å²) in [6.45, 7) is 9.66. The van der Waals surface area contributed by atoms with E-state index in [1.165, 1.54) is 0 Å². The molecule has 0 aliphatic carbocycles. The maximum Gasteiger partial charge on any atom is 0.224 e. The van der Waals surface area contributed by atoms with Crippen molar-refractivity contribution < 1.29 is 14.3 Å². The van der Waals surface area contributed by atoms with Gasteiger partial charge in [0.05, 0.1) is 24.9 Å². The van der Waals surface area contributed by atoms with E-state index in [1.807, 2.05) is 25.7 Å². The van der Waals surface area contributed by atoms with Crippen molar-refractivity contribution in [2.24, 2.45) is 0 Å². The summed E-state index contributed by atoms with van der Waals surface area (Å²) in [5, 5.41) is 3.32. The van der Waals surface area contributed by atoms with E-state index in [0.717, 1.165) is 13.2 Å². The van der Waals surface area contributed by atoms with Crippen LogP contribution in [0, 0.1) is 0 Å². The minimum Gasteiger partial charge on any atom is -0.378 e. The molecule has 1 amide bonds. The summed E-state index contributed by atoms with van der Waals surface area (Å²) in [6.07, 6.45) is 0.622. The van der Waals surface area contributed by atoms with Crippen LogP contribution >= 0.6 is 0 Å². The molecule has 2 atom stereocenters. The van der Waals surface area contributed by atoms with Gasteiger partial charge in [-0.05, 0) is 20.8 Å². The molecule has 2 heterocycles. The Morgan fingerprint density at radius 1 is 1.50 bits per heavy atom. The van der Waals surface area contributed by atoms with Crippen LogP contribution in [0.4, 0.5) is 0 Å². The van der Waals surface area contributed by atoms with Gasteiger partial charge in [-0.1, -0.05) is 0 Å². The minimum absolute atomic E-state index is 0.105. The molecule has 2 aliphatic rings. The van der Waals surface area contributed by atoms with Gasteiger partial charge in [-0.2, -0.15) is 0 Å². The number of nitrogens with zero attached hydrogens (tertiary/aromatic N) is 1. The molecule has 2 aliphatic heterocycles. The van der Waals surface area contributed by atoms with Crippen LogP contribution in [-0.2, 0) is 14.3 Å². The smallest absolute Gasteiger partial charge is 0.224 e. The van der Waals surface area contributed by atoms with E-state index < -0.39 is 0 Å². The molecule has 0 saturated carbocycles. The Morgan fingerprint density at radius 2 is 2.28 bits per heavy atom. The third kappa shape index (κ3) is 3.67. The molecular weight excluding hydrogens is 232 g/mol. The summed E-state index contributed by atoms with van der Waals surface area (Å²) in [4.78, 5) is 14.2. The van der Waals surface area contributed by atoms with Crippen molar-refractivity contribution >= 4 is 5.91 Å². The predicted octanol–water partition coefficient (Wildman–Crippen LogP) is 0.391. The van der Waals surface area contributed by atoms with Gasteiger partial charge < -0.3 is 19.7 Å². The number of carbonyl (C=O) groups is 1. The summed E-state index contributed by atoms with van der Waals surface area (Å²) in [6, 6.07) is 0.160. The molecule has 2 unspecified atom stereocenters. The number of morpholine rings is 2. The maximum absolute atomic E-state index is 12.3. The van der Waals surface area contributed by atoms with Crippen LogP contribution in [0.1, 0.15) is 27.2 Å². The van der Waals surface area contributed by atoms with Gasteiger partial charge in [-0.25, -0.2) is 0 Å². The molecule has 2 fully saturated rings. The van der Waals surface area contributed by atoms with E-state index in [2.05, 4.69) is 5.32 Å². The molecule has 18 heavy (non-hydrogen) atoms. The molecule has 0 aromatic heterocycles. The zero-order chi connectivity index (χ0) is 13.2. The summed E-state index contributed by atoms with van der Waals surface area (Å²) in [7, 11) is 0. The summed E-state index contributed by atoms with van der Waals surface area (Å²) >= 11 is 0. The lowest BCUT2D eigenvalue weighted by atomic mass is 10.0. The SMILES string of the molecule is CC1CN(C(=O)CC2COCCN2)CC(C)(C)O1. The van der Waals surface area contributed by atoms with E-state index in [4.69, 9.17) is 9.47 Å². The number of nitrogens with one attached hydrogen (secondary N) is 1. The van der Waals surface area contributed by atoms with Crippen LogP contribution in [0.5, 0.6) is 0 Å². The van der Waals surface area contributed by atoms with Gasteiger partial charge in [0.25, 0.3) is 0 Å². The second-order valence-corrected chi connectivity index (χ2v) is 5.89. The largest absolute Gasteiger partial charge is 0.378 e. The number of rotatable bonds is 2. The molecule has 0 bridgehead atoms. The van der Waals surface area contributed by atoms with E-state index in [1.54, 1.807) is 0 Å². The van der Waals surface area contributed by atoms with Crippen molar-refractivity contribution in [3.8, 4) is 0 Å². The minimum atomic E-state index is -0.246. The van der Waals surface area contributed by atoms with Crippen LogP contribution in [-0.4, -0.2) is 61.4 Å². The molecule has 0 spiro atoms. The normalized spacial score (nSPS) is 32.3. The first-order valence-corrected chi connectivity index (χ1v) is 6.73. The highest BCUT2D eigenvalue weighted by atomic mass is 16.5. The van der Waals surface area contributed by atoms with Crippen LogP contribution in [0.2, 0.25) is 0 Å². The third-order valence-corrected chi connectivity index (χ3v) is 3.34. The lowest BCUT2D eigenvalue weighted by Crippen LogP contribution is -2.55. The highest BCUT2D eigenvalue weighted by Crippen LogP contribution is 2.21. The fourth-order valence-electron chi connectivity index (χ4n) is 2.73. The van der Waals surface area contributed by atoms with Crippen molar-refractivity contribution in [2.45, 2.75) is 44.9 Å². The van der Waals surface area contributed by atoms with E-state index in [-0.39, 0.29) is 23.7 Å². The Bertz CT molecular complexity index is 301. The van der Waals surface area contributed by atoms with Crippen LogP contribution in [0.3, 0.4) is 0 Å². The van der Waals surface area contributed by atoms with E-state index in [0.29, 0.717) is 26.1 Å². The second-order valence-electron chi connectivity index (χ2n) is 5.89. The Kier molecular flexibility index (Phi) is 4.25. The molecule has 0 aromatic carbocycles. The topological polar surface area (TPSA) is 50.8 Å². The van der Waals surface area contributed by atoms with Crippen molar-refractivity contribution in [2.75, 3.05) is 32.8 Å². The second kappa shape index (κ2) is 5.55. The van der Waals surface area contributed by atoms with Crippen molar-refractivity contribution in [3.63, 3.8) is 0 Å². The van der Waals surface area contributed by atoms with Crippen LogP contribution < -0.4 is 5.32 Å². The first-order valence-electron chi connectivity index (χ1n) is 6.73. The lowest BCUT2D eigenvalue weighted by molar-refractivity contribution is -0.159. The number of amides is 1. The van der Waals surface area contributed by atoms with Crippen molar-refractivity contribution in [1.29, 1.82) is 0 Å². The average molecular weight is 256 g/mol. The van der Waals surface area contributed by atoms with Gasteiger partial charge in [0.15, 0.2) is 0 Å². The average Bonchev–Trinajstić information content (AvgIpc) is 2.27. The number of carbonyl (C=O) groups excluding carboxylic acids is 1. The van der Waals surface area contributed by atoms with Gasteiger partial charge in [0.1, 0.15) is 0 Å². The van der Waals surface area contributed by atoms with Gasteiger partial charge in [-0.15, -0.1) is 0 Å². The zero-order valence-corrected chi connectivity index (χ0v) is 11.6. The molecule has 104 valence electrons. The fraction of sp³-hybridized carbons (Fsp3) is 0.923. The Balaban J connectivity index is 1.87. The summed E-state index contributed by atoms with van der Waals surface area (Å²) in [5.41, 5.74) is -0.246. The first kappa shape index (κ1) is 13.8. The van der Waals surface area contributed by atoms with Crippen molar-refractivity contribution in [1.82, 2.24) is 10.2 Å². The molecule has 5 nitrogen and oxygen atoms in total. The van der Waals surface area contributed by atoms with Crippen molar-refractivity contribution in [3.05, 3.63) is 0 Å². The van der Waals surface area contributed by atoms with Crippen LogP contribution in [0.15, 0.2) is 0 Å². The molecule has 0 aromatic rings. The standard InChI is InChI=1S/C13H24N2O3/c1-10-7-15(9-13(2,3)18-10)12(16)6-11-8-17-5-4-14-11/h10-11,14H,4-9H2,1-3H3. The first-order chi connectivity index (χ1) is 8.46. The third-order valence-electron chi connectivity index (χ3n) is 3.34. The maximum atomic E-state index is 12.3. The lowest BCUT2D eigenvalue weighted by Gasteiger charge is -2.42. The van der Waals surface area contributed by atoms with E-state index in [9.17, 15) is 4.79 Å². The van der Waals surface area contributed by atoms with Gasteiger partial charge in [-0.3, -0.25) is 4.79 Å². The van der Waals surface area contributed by atoms with Crippen LogP contribution in [0.25, 0.3) is 0 Å². The number of hydrogen-bond acceptors (Lipinski definition) is 4. The molecule has 1 N–H and O–H groups in total. The molecule has 2 saturated heterocycles.